The fraction of sp³-hybridized carbons (Fsp3) is 0.500. The third kappa shape index (κ3) is 3.70. The minimum absolute atomic E-state index is 0.000389. The Bertz CT molecular complexity index is 769. The van der Waals surface area contributed by atoms with Crippen molar-refractivity contribution in [3.63, 3.8) is 0 Å². The first kappa shape index (κ1) is 17.2. The molecule has 1 fully saturated rings. The van der Waals surface area contributed by atoms with Crippen LogP contribution in [0.4, 0.5) is 0 Å². The molecule has 2 aromatic rings. The van der Waals surface area contributed by atoms with E-state index in [1.54, 1.807) is 16.2 Å². The lowest BCUT2D eigenvalue weighted by Crippen LogP contribution is -2.39. The molecule has 0 atom stereocenters. The number of nitrogens with one attached hydrogen (secondary N) is 1. The number of fused-ring (bicyclic) bond motifs is 1. The van der Waals surface area contributed by atoms with Crippen LogP contribution in [0.2, 0.25) is 0 Å². The Morgan fingerprint density at radius 2 is 2.04 bits per heavy atom. The van der Waals surface area contributed by atoms with E-state index in [1.165, 1.54) is 28.5 Å². The van der Waals surface area contributed by atoms with Crippen molar-refractivity contribution in [3.8, 4) is 0 Å². The van der Waals surface area contributed by atoms with Crippen molar-refractivity contribution in [1.29, 1.82) is 0 Å². The van der Waals surface area contributed by atoms with Gasteiger partial charge in [0.05, 0.1) is 12.3 Å². The van der Waals surface area contributed by atoms with E-state index in [2.05, 4.69) is 29.1 Å². The van der Waals surface area contributed by atoms with E-state index in [4.69, 9.17) is 0 Å². The molecule has 1 saturated heterocycles. The monoisotopic (exact) mass is 364 g/mol. The average Bonchev–Trinajstić information content (AvgIpc) is 3.20. The van der Waals surface area contributed by atoms with Gasteiger partial charge in [-0.2, -0.15) is 0 Å². The predicted molar refractivity (Wildman–Crippen MR) is 96.4 cm³/mol. The molecule has 128 valence electrons. The van der Waals surface area contributed by atoms with E-state index in [0.717, 1.165) is 41.2 Å². The van der Waals surface area contributed by atoms with E-state index in [0.29, 0.717) is 0 Å². The number of thioether (sulfide) groups is 1. The quantitative estimate of drug-likeness (QED) is 0.650. The van der Waals surface area contributed by atoms with E-state index < -0.39 is 0 Å². The Hall–Kier alpha value is -1.67. The van der Waals surface area contributed by atoms with Crippen LogP contribution in [0.1, 0.15) is 23.3 Å². The molecule has 2 aromatic heterocycles. The molecule has 8 heteroatoms. The van der Waals surface area contributed by atoms with E-state index in [1.807, 2.05) is 0 Å². The molecule has 1 aliphatic rings. The van der Waals surface area contributed by atoms with Crippen LogP contribution in [0.15, 0.2) is 11.4 Å². The van der Waals surface area contributed by atoms with Gasteiger partial charge in [-0.15, -0.1) is 11.3 Å². The Morgan fingerprint density at radius 3 is 2.79 bits per heavy atom. The lowest BCUT2D eigenvalue weighted by Gasteiger charge is -2.15. The van der Waals surface area contributed by atoms with Crippen LogP contribution in [0.25, 0.3) is 10.2 Å². The molecule has 0 aliphatic carbocycles. The van der Waals surface area contributed by atoms with Gasteiger partial charge in [0.25, 0.3) is 0 Å². The molecule has 3 rings (SSSR count). The highest BCUT2D eigenvalue weighted by molar-refractivity contribution is 8.00. The number of thiophene rings is 1. The molecular formula is C16H20N4O2S2. The Labute approximate surface area is 149 Å². The van der Waals surface area contributed by atoms with Crippen LogP contribution in [0.5, 0.6) is 0 Å². The van der Waals surface area contributed by atoms with Crippen molar-refractivity contribution in [2.24, 2.45) is 0 Å². The van der Waals surface area contributed by atoms with E-state index >= 15 is 0 Å². The number of aryl methyl sites for hydroxylation is 2. The van der Waals surface area contributed by atoms with Crippen LogP contribution in [0, 0.1) is 13.8 Å². The zero-order chi connectivity index (χ0) is 17.1. The summed E-state index contributed by atoms with van der Waals surface area (Å²) in [6.45, 7) is 5.80. The van der Waals surface area contributed by atoms with Gasteiger partial charge in [-0.1, -0.05) is 11.8 Å². The SMILES string of the molecule is Cc1sc2ncnc(SCC(=O)NCC(=O)N3CCCC3)c2c1C. The van der Waals surface area contributed by atoms with Crippen molar-refractivity contribution in [2.75, 3.05) is 25.4 Å². The number of carbonyl (C=O) groups is 2. The summed E-state index contributed by atoms with van der Waals surface area (Å²) < 4.78 is 0. The molecule has 0 aromatic carbocycles. The number of amides is 2. The highest BCUT2D eigenvalue weighted by atomic mass is 32.2. The number of nitrogens with zero attached hydrogens (tertiary/aromatic N) is 3. The van der Waals surface area contributed by atoms with Gasteiger partial charge in [-0.3, -0.25) is 9.59 Å². The highest BCUT2D eigenvalue weighted by Gasteiger charge is 2.18. The van der Waals surface area contributed by atoms with E-state index in [-0.39, 0.29) is 24.1 Å². The second kappa shape index (κ2) is 7.48. The molecule has 3 heterocycles. The number of hydrogen-bond donors (Lipinski definition) is 1. The van der Waals surface area contributed by atoms with E-state index in [9.17, 15) is 9.59 Å². The van der Waals surface area contributed by atoms with Gasteiger partial charge in [0.1, 0.15) is 16.2 Å². The van der Waals surface area contributed by atoms with Crippen molar-refractivity contribution in [1.82, 2.24) is 20.2 Å². The zero-order valence-corrected chi connectivity index (χ0v) is 15.4. The summed E-state index contributed by atoms with van der Waals surface area (Å²) in [5, 5.41) is 4.56. The number of likely N-dealkylation sites (tertiary alicyclic amines) is 1. The molecule has 0 unspecified atom stereocenters. The lowest BCUT2D eigenvalue weighted by molar-refractivity contribution is -0.131. The Kier molecular flexibility index (Phi) is 5.35. The lowest BCUT2D eigenvalue weighted by atomic mass is 10.2. The topological polar surface area (TPSA) is 75.2 Å². The maximum absolute atomic E-state index is 12.0. The van der Waals surface area contributed by atoms with Gasteiger partial charge < -0.3 is 10.2 Å². The molecular weight excluding hydrogens is 344 g/mol. The number of aromatic nitrogens is 2. The summed E-state index contributed by atoms with van der Waals surface area (Å²) in [6.07, 6.45) is 3.65. The standard InChI is InChI=1S/C16H20N4O2S2/c1-10-11(2)24-16-14(10)15(18-9-19-16)23-8-12(21)17-7-13(22)20-5-3-4-6-20/h9H,3-8H2,1-2H3,(H,17,21). The van der Waals surface area contributed by atoms with Gasteiger partial charge in [-0.25, -0.2) is 9.97 Å². The average molecular weight is 364 g/mol. The summed E-state index contributed by atoms with van der Waals surface area (Å²) in [6, 6.07) is 0. The molecule has 0 spiro atoms. The van der Waals surface area contributed by atoms with Crippen LogP contribution in [-0.4, -0.2) is 52.1 Å². The minimum atomic E-state index is -0.149. The summed E-state index contributed by atoms with van der Waals surface area (Å²) >= 11 is 3.03. The zero-order valence-electron chi connectivity index (χ0n) is 13.8. The largest absolute Gasteiger partial charge is 0.346 e. The van der Waals surface area contributed by atoms with Crippen LogP contribution >= 0.6 is 23.1 Å². The van der Waals surface area contributed by atoms with Crippen molar-refractivity contribution in [2.45, 2.75) is 31.7 Å². The molecule has 0 bridgehead atoms. The second-order valence-electron chi connectivity index (χ2n) is 5.80. The van der Waals surface area contributed by atoms with Gasteiger partial charge in [0.2, 0.25) is 11.8 Å². The van der Waals surface area contributed by atoms with Crippen LogP contribution in [0.3, 0.4) is 0 Å². The third-order valence-electron chi connectivity index (χ3n) is 4.17. The number of carbonyl (C=O) groups excluding carboxylic acids is 2. The predicted octanol–water partition coefficient (Wildman–Crippen LogP) is 2.14. The highest BCUT2D eigenvalue weighted by Crippen LogP contribution is 2.34. The maximum Gasteiger partial charge on any atom is 0.241 e. The molecule has 1 aliphatic heterocycles. The van der Waals surface area contributed by atoms with Crippen molar-refractivity contribution in [3.05, 3.63) is 16.8 Å². The van der Waals surface area contributed by atoms with Crippen LogP contribution in [-0.2, 0) is 9.59 Å². The van der Waals surface area contributed by atoms with Crippen molar-refractivity contribution < 1.29 is 9.59 Å². The van der Waals surface area contributed by atoms with Crippen molar-refractivity contribution >= 4 is 45.1 Å². The Morgan fingerprint density at radius 1 is 1.29 bits per heavy atom. The summed E-state index contributed by atoms with van der Waals surface area (Å²) in [5.41, 5.74) is 1.17. The molecule has 0 saturated carbocycles. The second-order valence-corrected chi connectivity index (χ2v) is 7.96. The van der Waals surface area contributed by atoms with Crippen LogP contribution < -0.4 is 5.32 Å². The van der Waals surface area contributed by atoms with Gasteiger partial charge in [0, 0.05) is 23.4 Å². The molecule has 2 amide bonds. The summed E-state index contributed by atoms with van der Waals surface area (Å²) in [7, 11) is 0. The number of hydrogen-bond acceptors (Lipinski definition) is 6. The molecule has 0 radical (unpaired) electrons. The fourth-order valence-electron chi connectivity index (χ4n) is 2.70. The first-order chi connectivity index (χ1) is 11.6. The normalized spacial score (nSPS) is 14.3. The third-order valence-corrected chi connectivity index (χ3v) is 6.27. The first-order valence-corrected chi connectivity index (χ1v) is 9.74. The maximum atomic E-state index is 12.0. The molecule has 24 heavy (non-hydrogen) atoms. The Balaban J connectivity index is 1.55. The molecule has 6 nitrogen and oxygen atoms in total. The molecule has 1 N–H and O–H groups in total. The summed E-state index contributed by atoms with van der Waals surface area (Å²) in [4.78, 5) is 36.5. The fourth-order valence-corrected chi connectivity index (χ4v) is 4.64. The smallest absolute Gasteiger partial charge is 0.241 e. The minimum Gasteiger partial charge on any atom is -0.346 e. The van der Waals surface area contributed by atoms with Gasteiger partial charge in [-0.05, 0) is 32.3 Å². The first-order valence-electron chi connectivity index (χ1n) is 7.94. The van der Waals surface area contributed by atoms with Gasteiger partial charge in [0.15, 0.2) is 0 Å². The summed E-state index contributed by atoms with van der Waals surface area (Å²) in [5.74, 6) is 0.0942. The number of rotatable bonds is 5. The van der Waals surface area contributed by atoms with Gasteiger partial charge >= 0.3 is 0 Å².